The number of carbonyl (C=O) groups is 2. The highest BCUT2D eigenvalue weighted by Gasteiger charge is 2.36. The number of anilines is 1. The zero-order chi connectivity index (χ0) is 27.6. The minimum absolute atomic E-state index is 0.277. The lowest BCUT2D eigenvalue weighted by atomic mass is 10.0. The topological polar surface area (TPSA) is 105 Å². The number of hydrogen-bond donors (Lipinski definition) is 4. The van der Waals surface area contributed by atoms with Crippen LogP contribution in [0.5, 0.6) is 0 Å². The van der Waals surface area contributed by atoms with Gasteiger partial charge in [0.15, 0.2) is 0 Å². The Morgan fingerprint density at radius 2 is 1.46 bits per heavy atom. The lowest BCUT2D eigenvalue weighted by Crippen LogP contribution is -2.43. The van der Waals surface area contributed by atoms with Gasteiger partial charge < -0.3 is 20.8 Å². The maximum Gasteiger partial charge on any atom is 0.320 e. The lowest BCUT2D eigenvalue weighted by Gasteiger charge is -2.28. The van der Waals surface area contributed by atoms with Crippen molar-refractivity contribution in [1.82, 2.24) is 15.1 Å². The van der Waals surface area contributed by atoms with Crippen LogP contribution in [0.25, 0.3) is 0 Å². The third-order valence-corrected chi connectivity index (χ3v) is 6.78. The molecule has 1 fully saturated rings. The molecular formula is C29H52N4O4. The van der Waals surface area contributed by atoms with Gasteiger partial charge in [0.05, 0.1) is 0 Å². The Kier molecular flexibility index (Phi) is 16.9. The molecule has 2 unspecified atom stereocenters. The quantitative estimate of drug-likeness (QED) is 0.197. The number of hydrogen-bond acceptors (Lipinski definition) is 6. The molecule has 0 amide bonds. The van der Waals surface area contributed by atoms with Crippen LogP contribution in [0.2, 0.25) is 0 Å². The molecular weight excluding hydrogens is 468 g/mol. The third kappa shape index (κ3) is 12.8. The Hall–Kier alpha value is -2.16. The average molecular weight is 521 g/mol. The van der Waals surface area contributed by atoms with Crippen molar-refractivity contribution in [2.45, 2.75) is 96.7 Å². The molecule has 0 aliphatic heterocycles. The van der Waals surface area contributed by atoms with Gasteiger partial charge in [-0.25, -0.2) is 0 Å². The maximum absolute atomic E-state index is 11.6. The van der Waals surface area contributed by atoms with Crippen LogP contribution < -0.4 is 10.6 Å². The molecule has 37 heavy (non-hydrogen) atoms. The van der Waals surface area contributed by atoms with Crippen molar-refractivity contribution in [3.05, 3.63) is 29.8 Å². The van der Waals surface area contributed by atoms with Gasteiger partial charge in [0.1, 0.15) is 12.1 Å². The zero-order valence-corrected chi connectivity index (χ0v) is 23.8. The Labute approximate surface area is 224 Å². The molecule has 0 radical (unpaired) electrons. The second-order valence-corrected chi connectivity index (χ2v) is 9.94. The van der Waals surface area contributed by atoms with Crippen molar-refractivity contribution >= 4 is 17.6 Å². The van der Waals surface area contributed by atoms with E-state index in [4.69, 9.17) is 0 Å². The molecule has 1 aromatic rings. The molecule has 1 aliphatic carbocycles. The van der Waals surface area contributed by atoms with Gasteiger partial charge in [0.25, 0.3) is 0 Å². The van der Waals surface area contributed by atoms with Crippen LogP contribution in [0.3, 0.4) is 0 Å². The van der Waals surface area contributed by atoms with E-state index in [1.807, 2.05) is 26.2 Å². The lowest BCUT2D eigenvalue weighted by molar-refractivity contribution is -0.144. The van der Waals surface area contributed by atoms with Crippen LogP contribution in [0.15, 0.2) is 24.3 Å². The highest BCUT2D eigenvalue weighted by molar-refractivity contribution is 5.74. The molecule has 0 spiro atoms. The summed E-state index contributed by atoms with van der Waals surface area (Å²) in [5, 5.41) is 24.9. The summed E-state index contributed by atoms with van der Waals surface area (Å²) >= 11 is 0. The molecule has 0 saturated heterocycles. The maximum atomic E-state index is 11.6. The van der Waals surface area contributed by atoms with Crippen LogP contribution in [0, 0.1) is 0 Å². The summed E-state index contributed by atoms with van der Waals surface area (Å²) in [7, 11) is 3.79. The van der Waals surface area contributed by atoms with Crippen molar-refractivity contribution < 1.29 is 19.8 Å². The third-order valence-electron chi connectivity index (χ3n) is 6.78. The Morgan fingerprint density at radius 1 is 0.892 bits per heavy atom. The summed E-state index contributed by atoms with van der Waals surface area (Å²) in [5.41, 5.74) is 2.26. The van der Waals surface area contributed by atoms with Gasteiger partial charge in [-0.05, 0) is 109 Å². The van der Waals surface area contributed by atoms with Gasteiger partial charge in [-0.3, -0.25) is 19.4 Å². The van der Waals surface area contributed by atoms with Crippen molar-refractivity contribution in [2.24, 2.45) is 0 Å². The molecule has 0 bridgehead atoms. The van der Waals surface area contributed by atoms with Gasteiger partial charge >= 0.3 is 11.9 Å². The molecule has 0 heterocycles. The summed E-state index contributed by atoms with van der Waals surface area (Å²) in [6.45, 7) is 9.82. The van der Waals surface area contributed by atoms with E-state index in [1.165, 1.54) is 18.4 Å². The minimum Gasteiger partial charge on any atom is -0.480 e. The first-order chi connectivity index (χ1) is 17.8. The van der Waals surface area contributed by atoms with Crippen LogP contribution in [0.4, 0.5) is 5.69 Å². The van der Waals surface area contributed by atoms with Crippen LogP contribution in [0.1, 0.15) is 77.7 Å². The van der Waals surface area contributed by atoms with Crippen molar-refractivity contribution in [2.75, 3.05) is 45.6 Å². The van der Waals surface area contributed by atoms with Gasteiger partial charge in [0.2, 0.25) is 0 Å². The van der Waals surface area contributed by atoms with E-state index in [0.29, 0.717) is 12.5 Å². The summed E-state index contributed by atoms with van der Waals surface area (Å²) in [6, 6.07) is 8.07. The fraction of sp³-hybridized carbons (Fsp3) is 0.724. The first kappa shape index (κ1) is 32.9. The summed E-state index contributed by atoms with van der Waals surface area (Å²) in [5.74, 6) is -1.36. The standard InChI is InChI=1S/C17H28N2O2.C12H24N2O2/c1-4-12-19(13-5-2)16(17(20)21)11-8-14-6-9-15(18-3)10-7-14;1-3-9-14(10-6-7-10)11(12(15)16)5-4-8-13-2/h6-7,9-10,16,18H,4-5,8,11-13H2,1-3H3,(H,20,21);10-11,13H,3-9H2,1-2H3,(H,15,16). The molecule has 8 heteroatoms. The predicted octanol–water partition coefficient (Wildman–Crippen LogP) is 4.55. The predicted molar refractivity (Wildman–Crippen MR) is 152 cm³/mol. The van der Waals surface area contributed by atoms with Crippen molar-refractivity contribution in [3.63, 3.8) is 0 Å². The van der Waals surface area contributed by atoms with E-state index in [1.54, 1.807) is 0 Å². The van der Waals surface area contributed by atoms with E-state index in [-0.39, 0.29) is 12.1 Å². The molecule has 2 rings (SSSR count). The molecule has 1 saturated carbocycles. The van der Waals surface area contributed by atoms with Crippen LogP contribution in [-0.4, -0.2) is 90.4 Å². The highest BCUT2D eigenvalue weighted by Crippen LogP contribution is 2.30. The number of benzene rings is 1. The number of aliphatic carboxylic acids is 2. The molecule has 8 nitrogen and oxygen atoms in total. The monoisotopic (exact) mass is 520 g/mol. The number of aryl methyl sites for hydroxylation is 1. The average Bonchev–Trinajstić information content (AvgIpc) is 3.72. The first-order valence-electron chi connectivity index (χ1n) is 14.2. The van der Waals surface area contributed by atoms with Gasteiger partial charge in [-0.15, -0.1) is 0 Å². The van der Waals surface area contributed by atoms with Gasteiger partial charge in [-0.1, -0.05) is 32.9 Å². The van der Waals surface area contributed by atoms with Crippen molar-refractivity contribution in [3.8, 4) is 0 Å². The van der Waals surface area contributed by atoms with E-state index >= 15 is 0 Å². The summed E-state index contributed by atoms with van der Waals surface area (Å²) < 4.78 is 0. The van der Waals surface area contributed by atoms with Gasteiger partial charge in [-0.2, -0.15) is 0 Å². The fourth-order valence-electron chi connectivity index (χ4n) is 4.76. The smallest absolute Gasteiger partial charge is 0.320 e. The largest absolute Gasteiger partial charge is 0.480 e. The van der Waals surface area contributed by atoms with E-state index in [0.717, 1.165) is 70.4 Å². The molecule has 4 N–H and O–H groups in total. The second kappa shape index (κ2) is 19.0. The number of nitrogens with zero attached hydrogens (tertiary/aromatic N) is 2. The number of carboxylic acid groups (broad SMARTS) is 2. The van der Waals surface area contributed by atoms with E-state index in [2.05, 4.69) is 53.3 Å². The van der Waals surface area contributed by atoms with Gasteiger partial charge in [0, 0.05) is 18.8 Å². The normalized spacial score (nSPS) is 14.7. The molecule has 0 aromatic heterocycles. The zero-order valence-electron chi connectivity index (χ0n) is 23.8. The minimum atomic E-state index is -0.705. The number of nitrogens with one attached hydrogen (secondary N) is 2. The molecule has 212 valence electrons. The van der Waals surface area contributed by atoms with E-state index in [9.17, 15) is 19.8 Å². The Morgan fingerprint density at radius 3 is 1.89 bits per heavy atom. The van der Waals surface area contributed by atoms with Crippen LogP contribution >= 0.6 is 0 Å². The van der Waals surface area contributed by atoms with E-state index < -0.39 is 11.9 Å². The first-order valence-corrected chi connectivity index (χ1v) is 14.2. The summed E-state index contributed by atoms with van der Waals surface area (Å²) in [6.07, 6.45) is 8.51. The van der Waals surface area contributed by atoms with Crippen LogP contribution in [-0.2, 0) is 16.0 Å². The molecule has 1 aliphatic rings. The number of rotatable bonds is 19. The molecule has 1 aromatic carbocycles. The van der Waals surface area contributed by atoms with Crippen molar-refractivity contribution in [1.29, 1.82) is 0 Å². The summed E-state index contributed by atoms with van der Waals surface area (Å²) in [4.78, 5) is 27.1. The highest BCUT2D eigenvalue weighted by atomic mass is 16.4. The SMILES string of the molecule is CCCN(C1CC1)C(CCCNC)C(=O)O.CCCN(CCC)C(CCc1ccc(NC)cc1)C(=O)O. The Bertz CT molecular complexity index is 749. The Balaban J connectivity index is 0.000000384. The fourth-order valence-corrected chi connectivity index (χ4v) is 4.76. The second-order valence-electron chi connectivity index (χ2n) is 9.94. The molecule has 2 atom stereocenters. The number of carboxylic acids is 2.